The molecule has 0 bridgehead atoms. The van der Waals surface area contributed by atoms with Gasteiger partial charge in [-0.3, -0.25) is 0 Å². The molecule has 0 unspecified atom stereocenters. The van der Waals surface area contributed by atoms with E-state index in [1.54, 1.807) is 0 Å². The van der Waals surface area contributed by atoms with Gasteiger partial charge in [-0.15, -0.1) is 25.3 Å². The highest BCUT2D eigenvalue weighted by molar-refractivity contribution is 7.59. The SMILES string of the molecule is CCCCCC[N+]1=C(C=CC=CC=C2N(CC)c3ccccc3C2(C)C)C(C)(C)c2ccccc21.O=S(=O)=O.O=S(=O)=O. The van der Waals surface area contributed by atoms with E-state index in [0.717, 1.165) is 13.1 Å². The van der Waals surface area contributed by atoms with Crippen molar-refractivity contribution in [2.24, 2.45) is 0 Å². The van der Waals surface area contributed by atoms with Gasteiger partial charge in [0, 0.05) is 47.5 Å². The predicted molar refractivity (Wildman–Crippen MR) is 172 cm³/mol. The summed E-state index contributed by atoms with van der Waals surface area (Å²) in [7, 11) is -6.22. The lowest BCUT2D eigenvalue weighted by molar-refractivity contribution is -0.438. The highest BCUT2D eigenvalue weighted by atomic mass is 32.2. The molecule has 2 aliphatic heterocycles. The number of allylic oxidation sites excluding steroid dienone is 6. The van der Waals surface area contributed by atoms with E-state index in [-0.39, 0.29) is 10.8 Å². The summed E-state index contributed by atoms with van der Waals surface area (Å²) in [4.78, 5) is 2.45. The molecule has 2 aromatic carbocycles. The minimum absolute atomic E-state index is 0.0122. The zero-order valence-electron chi connectivity index (χ0n) is 25.9. The molecular formula is C33H43N2O6S2+. The highest BCUT2D eigenvalue weighted by Crippen LogP contribution is 2.47. The van der Waals surface area contributed by atoms with E-state index < -0.39 is 21.2 Å². The molecule has 0 aromatic heterocycles. The number of unbranched alkanes of at least 4 members (excludes halogenated alkanes) is 3. The normalized spacial score (nSPS) is 16.9. The highest BCUT2D eigenvalue weighted by Gasteiger charge is 2.43. The van der Waals surface area contributed by atoms with E-state index in [2.05, 4.69) is 130 Å². The molecule has 8 nitrogen and oxygen atoms in total. The van der Waals surface area contributed by atoms with Crippen LogP contribution in [0.4, 0.5) is 11.4 Å². The molecule has 43 heavy (non-hydrogen) atoms. The van der Waals surface area contributed by atoms with Gasteiger partial charge in [0.2, 0.25) is 5.69 Å². The maximum absolute atomic E-state index is 8.44. The van der Waals surface area contributed by atoms with E-state index >= 15 is 0 Å². The Balaban J connectivity index is 0.000000719. The molecule has 0 radical (unpaired) electrons. The van der Waals surface area contributed by atoms with Crippen molar-refractivity contribution in [1.29, 1.82) is 0 Å². The van der Waals surface area contributed by atoms with Crippen molar-refractivity contribution < 1.29 is 29.8 Å². The molecule has 0 amide bonds. The number of para-hydroxylation sites is 2. The summed E-state index contributed by atoms with van der Waals surface area (Å²) in [5, 5.41) is 0. The van der Waals surface area contributed by atoms with Crippen molar-refractivity contribution in [2.75, 3.05) is 18.0 Å². The number of fused-ring (bicyclic) bond motifs is 2. The number of anilines is 1. The van der Waals surface area contributed by atoms with Crippen molar-refractivity contribution in [1.82, 2.24) is 0 Å². The molecule has 2 aromatic rings. The van der Waals surface area contributed by atoms with Crippen LogP contribution in [0.1, 0.15) is 78.4 Å². The van der Waals surface area contributed by atoms with Gasteiger partial charge < -0.3 is 4.90 Å². The first kappa shape index (κ1) is 35.6. The average Bonchev–Trinajstić information content (AvgIpc) is 3.29. The topological polar surface area (TPSA) is 109 Å². The first-order chi connectivity index (χ1) is 20.3. The summed E-state index contributed by atoms with van der Waals surface area (Å²) in [5.41, 5.74) is 8.36. The molecular weight excluding hydrogens is 585 g/mol. The summed E-state index contributed by atoms with van der Waals surface area (Å²) in [5.74, 6) is 0. The summed E-state index contributed by atoms with van der Waals surface area (Å²) < 4.78 is 53.2. The summed E-state index contributed by atoms with van der Waals surface area (Å²) in [6.07, 6.45) is 16.4. The molecule has 0 saturated carbocycles. The Bertz CT molecular complexity index is 1580. The van der Waals surface area contributed by atoms with Crippen molar-refractivity contribution in [3.05, 3.63) is 95.7 Å². The number of hydrogen-bond donors (Lipinski definition) is 0. The van der Waals surface area contributed by atoms with E-state index in [1.807, 2.05) is 0 Å². The smallest absolute Gasteiger partial charge is 0.344 e. The van der Waals surface area contributed by atoms with Gasteiger partial charge in [0.25, 0.3) is 0 Å². The average molecular weight is 628 g/mol. The molecule has 0 N–H and O–H groups in total. The Kier molecular flexibility index (Phi) is 13.5. The van der Waals surface area contributed by atoms with Crippen molar-refractivity contribution in [3.63, 3.8) is 0 Å². The molecule has 2 aliphatic rings. The van der Waals surface area contributed by atoms with Gasteiger partial charge in [-0.1, -0.05) is 88.2 Å². The monoisotopic (exact) mass is 627 g/mol. The molecule has 0 fully saturated rings. The lowest BCUT2D eigenvalue weighted by Crippen LogP contribution is -2.27. The van der Waals surface area contributed by atoms with Crippen molar-refractivity contribution in [3.8, 4) is 0 Å². The van der Waals surface area contributed by atoms with Gasteiger partial charge in [-0.05, 0) is 44.9 Å². The molecule has 232 valence electrons. The van der Waals surface area contributed by atoms with Gasteiger partial charge in [0.05, 0.1) is 5.41 Å². The second kappa shape index (κ2) is 16.3. The fourth-order valence-electron chi connectivity index (χ4n) is 5.92. The van der Waals surface area contributed by atoms with Crippen LogP contribution in [0, 0.1) is 0 Å². The zero-order valence-corrected chi connectivity index (χ0v) is 27.5. The quantitative estimate of drug-likeness (QED) is 0.179. The van der Waals surface area contributed by atoms with Crippen LogP contribution in [0.15, 0.2) is 84.6 Å². The standard InChI is InChI=1S/C33H43N2.2O3S/c1-7-9-10-18-25-35-29-22-17-15-20-27(29)33(5,6)31(35)24-13-11-12-23-30-32(3,4)26-19-14-16-21-28(26)34(30)8-2;2*1-4(2)3/h11-17,19-24H,7-10,18,25H2,1-6H3;;/q+1;;. The number of hydrogen-bond acceptors (Lipinski definition) is 7. The van der Waals surface area contributed by atoms with Crippen LogP contribution >= 0.6 is 0 Å². The van der Waals surface area contributed by atoms with Crippen LogP contribution in [0.25, 0.3) is 0 Å². The Morgan fingerprint density at radius 1 is 0.721 bits per heavy atom. The third-order valence-electron chi connectivity index (χ3n) is 7.88. The Morgan fingerprint density at radius 3 is 1.91 bits per heavy atom. The molecule has 0 saturated heterocycles. The fourth-order valence-corrected chi connectivity index (χ4v) is 5.92. The largest absolute Gasteiger partial charge is 0.425 e. The van der Waals surface area contributed by atoms with E-state index in [1.165, 1.54) is 59.6 Å². The minimum Gasteiger partial charge on any atom is -0.344 e. The Labute approximate surface area is 259 Å². The predicted octanol–water partition coefficient (Wildman–Crippen LogP) is 6.45. The van der Waals surface area contributed by atoms with E-state index in [0.29, 0.717) is 0 Å². The Hall–Kier alpha value is -3.63. The second-order valence-electron chi connectivity index (χ2n) is 11.3. The number of nitrogens with zero attached hydrogens (tertiary/aromatic N) is 2. The minimum atomic E-state index is -3.11. The summed E-state index contributed by atoms with van der Waals surface area (Å²) >= 11 is 0. The van der Waals surface area contributed by atoms with Crippen LogP contribution in [0.2, 0.25) is 0 Å². The van der Waals surface area contributed by atoms with Gasteiger partial charge >= 0.3 is 21.2 Å². The third kappa shape index (κ3) is 9.18. The maximum atomic E-state index is 8.44. The zero-order chi connectivity index (χ0) is 32.2. The molecule has 4 rings (SSSR count). The van der Waals surface area contributed by atoms with Crippen LogP contribution in [-0.2, 0) is 32.0 Å². The number of rotatable bonds is 9. The van der Waals surface area contributed by atoms with Gasteiger partial charge in [0.1, 0.15) is 6.54 Å². The van der Waals surface area contributed by atoms with Gasteiger partial charge in [0.15, 0.2) is 5.71 Å². The van der Waals surface area contributed by atoms with Crippen molar-refractivity contribution >= 4 is 38.3 Å². The molecule has 0 spiro atoms. The first-order valence-electron chi connectivity index (χ1n) is 14.5. The van der Waals surface area contributed by atoms with Gasteiger partial charge in [-0.2, -0.15) is 4.58 Å². The lowest BCUT2D eigenvalue weighted by Gasteiger charge is -2.25. The Morgan fingerprint density at radius 2 is 1.30 bits per heavy atom. The van der Waals surface area contributed by atoms with Crippen molar-refractivity contribution in [2.45, 2.75) is 78.1 Å². The van der Waals surface area contributed by atoms with Crippen LogP contribution < -0.4 is 4.90 Å². The molecule has 0 atom stereocenters. The van der Waals surface area contributed by atoms with Crippen LogP contribution in [0.3, 0.4) is 0 Å². The number of likely N-dealkylation sites (N-methyl/N-ethyl adjacent to an activating group) is 1. The second-order valence-corrected chi connectivity index (χ2v) is 12.1. The van der Waals surface area contributed by atoms with Crippen LogP contribution in [0.5, 0.6) is 0 Å². The maximum Gasteiger partial charge on any atom is 0.425 e. The first-order valence-corrected chi connectivity index (χ1v) is 16.5. The summed E-state index contributed by atoms with van der Waals surface area (Å²) in [6, 6.07) is 17.8. The molecule has 2 heterocycles. The number of benzene rings is 2. The fraction of sp³-hybridized carbons (Fsp3) is 0.424. The molecule has 0 aliphatic carbocycles. The van der Waals surface area contributed by atoms with E-state index in [4.69, 9.17) is 25.3 Å². The molecule has 10 heteroatoms. The van der Waals surface area contributed by atoms with E-state index in [9.17, 15) is 0 Å². The van der Waals surface area contributed by atoms with Gasteiger partial charge in [-0.25, -0.2) is 0 Å². The lowest BCUT2D eigenvalue weighted by atomic mass is 9.81. The summed E-state index contributed by atoms with van der Waals surface area (Å²) in [6.45, 7) is 16.0. The van der Waals surface area contributed by atoms with Crippen LogP contribution in [-0.4, -0.2) is 48.6 Å². The third-order valence-corrected chi connectivity index (χ3v) is 7.88.